The second-order valence-corrected chi connectivity index (χ2v) is 10.9. The summed E-state index contributed by atoms with van der Waals surface area (Å²) >= 11 is 2.98. The highest BCUT2D eigenvalue weighted by Crippen LogP contribution is 2.36. The number of carbonyl (C=O) groups is 1. The summed E-state index contributed by atoms with van der Waals surface area (Å²) in [6.45, 7) is 6.41. The summed E-state index contributed by atoms with van der Waals surface area (Å²) in [4.78, 5) is 32.7. The quantitative estimate of drug-likeness (QED) is 0.393. The lowest BCUT2D eigenvalue weighted by Gasteiger charge is -2.18. The third kappa shape index (κ3) is 4.68. The van der Waals surface area contributed by atoms with E-state index in [-0.39, 0.29) is 17.2 Å². The predicted octanol–water partition coefficient (Wildman–Crippen LogP) is 3.82. The SMILES string of the molecule is CCn1c(SCC(=O)NCCc2ccc3c(c2)OCCO3)nc2sc3c(c2c1=O)CCC(C)C3. The van der Waals surface area contributed by atoms with E-state index in [1.807, 2.05) is 25.1 Å². The van der Waals surface area contributed by atoms with Gasteiger partial charge in [-0.25, -0.2) is 4.98 Å². The van der Waals surface area contributed by atoms with Gasteiger partial charge in [0, 0.05) is 18.0 Å². The number of aryl methyl sites for hydroxylation is 1. The van der Waals surface area contributed by atoms with Gasteiger partial charge in [0.1, 0.15) is 18.0 Å². The number of carbonyl (C=O) groups excluding carboxylic acids is 1. The van der Waals surface area contributed by atoms with E-state index in [9.17, 15) is 9.59 Å². The van der Waals surface area contributed by atoms with Gasteiger partial charge in [-0.2, -0.15) is 0 Å². The summed E-state index contributed by atoms with van der Waals surface area (Å²) in [6.07, 6.45) is 3.80. The van der Waals surface area contributed by atoms with E-state index in [0.717, 1.165) is 46.5 Å². The minimum Gasteiger partial charge on any atom is -0.486 e. The van der Waals surface area contributed by atoms with Crippen molar-refractivity contribution in [3.8, 4) is 11.5 Å². The molecule has 1 atom stereocenters. The maximum atomic E-state index is 13.3. The number of rotatable bonds is 7. The third-order valence-electron chi connectivity index (χ3n) is 6.37. The first-order valence-corrected chi connectivity index (χ1v) is 13.7. The lowest BCUT2D eigenvalue weighted by atomic mass is 9.89. The van der Waals surface area contributed by atoms with Crippen LogP contribution in [0, 0.1) is 5.92 Å². The van der Waals surface area contributed by atoms with Crippen LogP contribution in [-0.2, 0) is 30.6 Å². The van der Waals surface area contributed by atoms with Crippen LogP contribution in [0.5, 0.6) is 11.5 Å². The van der Waals surface area contributed by atoms with Crippen molar-refractivity contribution in [1.82, 2.24) is 14.9 Å². The molecule has 0 fully saturated rings. The summed E-state index contributed by atoms with van der Waals surface area (Å²) in [6, 6.07) is 5.88. The van der Waals surface area contributed by atoms with Crippen molar-refractivity contribution in [1.29, 1.82) is 0 Å². The molecule has 0 radical (unpaired) electrons. The van der Waals surface area contributed by atoms with Crippen molar-refractivity contribution in [2.24, 2.45) is 5.92 Å². The van der Waals surface area contributed by atoms with Crippen LogP contribution < -0.4 is 20.3 Å². The summed E-state index contributed by atoms with van der Waals surface area (Å²) in [5.41, 5.74) is 2.31. The molecule has 1 aliphatic carbocycles. The number of fused-ring (bicyclic) bond motifs is 4. The van der Waals surface area contributed by atoms with Gasteiger partial charge in [-0.05, 0) is 61.8 Å². The standard InChI is InChI=1S/C25H29N3O4S2/c1-3-28-24(30)22-17-6-4-15(2)12-20(17)34-23(22)27-25(28)33-14-21(29)26-9-8-16-5-7-18-19(13-16)32-11-10-31-18/h5,7,13,15H,3-4,6,8-12,14H2,1-2H3,(H,26,29). The maximum absolute atomic E-state index is 13.3. The Hall–Kier alpha value is -2.52. The first-order valence-electron chi connectivity index (χ1n) is 11.9. The van der Waals surface area contributed by atoms with Crippen LogP contribution in [-0.4, -0.2) is 41.0 Å². The normalized spacial score (nSPS) is 16.9. The third-order valence-corrected chi connectivity index (χ3v) is 8.50. The number of aromatic nitrogens is 2. The van der Waals surface area contributed by atoms with Gasteiger partial charge in [0.2, 0.25) is 5.91 Å². The number of hydrogen-bond acceptors (Lipinski definition) is 7. The molecular formula is C25H29N3O4S2. The van der Waals surface area contributed by atoms with E-state index in [4.69, 9.17) is 14.5 Å². The molecule has 5 rings (SSSR count). The van der Waals surface area contributed by atoms with Crippen LogP contribution in [0.15, 0.2) is 28.2 Å². The first kappa shape index (κ1) is 23.2. The minimum absolute atomic E-state index is 0.0288. The topological polar surface area (TPSA) is 82.5 Å². The zero-order chi connectivity index (χ0) is 23.7. The Morgan fingerprint density at radius 3 is 2.94 bits per heavy atom. The molecule has 1 aromatic carbocycles. The second kappa shape index (κ2) is 10.00. The van der Waals surface area contributed by atoms with Crippen LogP contribution in [0.25, 0.3) is 10.2 Å². The number of nitrogens with zero attached hydrogens (tertiary/aromatic N) is 2. The first-order chi connectivity index (χ1) is 16.5. The predicted molar refractivity (Wildman–Crippen MR) is 136 cm³/mol. The van der Waals surface area contributed by atoms with Gasteiger partial charge in [-0.3, -0.25) is 14.2 Å². The fraction of sp³-hybridized carbons (Fsp3) is 0.480. The highest BCUT2D eigenvalue weighted by atomic mass is 32.2. The van der Waals surface area contributed by atoms with Gasteiger partial charge >= 0.3 is 0 Å². The molecule has 180 valence electrons. The molecule has 0 bridgehead atoms. The molecular weight excluding hydrogens is 470 g/mol. The smallest absolute Gasteiger partial charge is 0.263 e. The average Bonchev–Trinajstić information content (AvgIpc) is 3.20. The van der Waals surface area contributed by atoms with E-state index in [2.05, 4.69) is 12.2 Å². The molecule has 34 heavy (non-hydrogen) atoms. The zero-order valence-corrected chi connectivity index (χ0v) is 21.2. The number of benzene rings is 1. The molecule has 2 aromatic heterocycles. The molecule has 1 aliphatic heterocycles. The molecule has 1 amide bonds. The number of thiophene rings is 1. The van der Waals surface area contributed by atoms with Gasteiger partial charge in [-0.15, -0.1) is 11.3 Å². The maximum Gasteiger partial charge on any atom is 0.263 e. The van der Waals surface area contributed by atoms with Gasteiger partial charge in [0.15, 0.2) is 16.7 Å². The van der Waals surface area contributed by atoms with Crippen LogP contribution in [0.3, 0.4) is 0 Å². The molecule has 2 aliphatic rings. The van der Waals surface area contributed by atoms with E-state index in [1.54, 1.807) is 15.9 Å². The van der Waals surface area contributed by atoms with Gasteiger partial charge in [0.25, 0.3) is 5.56 Å². The summed E-state index contributed by atoms with van der Waals surface area (Å²) in [7, 11) is 0. The lowest BCUT2D eigenvalue weighted by Crippen LogP contribution is -2.28. The van der Waals surface area contributed by atoms with Crippen molar-refractivity contribution in [2.75, 3.05) is 25.5 Å². The molecule has 1 unspecified atom stereocenters. The van der Waals surface area contributed by atoms with E-state index in [0.29, 0.717) is 43.8 Å². The highest BCUT2D eigenvalue weighted by Gasteiger charge is 2.24. The van der Waals surface area contributed by atoms with Crippen molar-refractivity contribution in [3.05, 3.63) is 44.6 Å². The summed E-state index contributed by atoms with van der Waals surface area (Å²) in [5, 5.41) is 4.38. The van der Waals surface area contributed by atoms with Crippen LogP contribution in [0.2, 0.25) is 0 Å². The van der Waals surface area contributed by atoms with Crippen molar-refractivity contribution < 1.29 is 14.3 Å². The van der Waals surface area contributed by atoms with Crippen LogP contribution in [0.1, 0.15) is 36.3 Å². The van der Waals surface area contributed by atoms with E-state index < -0.39 is 0 Å². The number of ether oxygens (including phenoxy) is 2. The molecule has 7 nitrogen and oxygen atoms in total. The Balaban J connectivity index is 1.22. The minimum atomic E-state index is -0.0705. The largest absolute Gasteiger partial charge is 0.486 e. The lowest BCUT2D eigenvalue weighted by molar-refractivity contribution is -0.118. The van der Waals surface area contributed by atoms with Crippen LogP contribution >= 0.6 is 23.1 Å². The van der Waals surface area contributed by atoms with Crippen molar-refractivity contribution >= 4 is 39.2 Å². The molecule has 0 saturated heterocycles. The fourth-order valence-corrected chi connectivity index (χ4v) is 6.88. The molecule has 0 spiro atoms. The number of thioether (sulfide) groups is 1. The fourth-order valence-electron chi connectivity index (χ4n) is 4.56. The van der Waals surface area contributed by atoms with Gasteiger partial charge in [0.05, 0.1) is 11.1 Å². The molecule has 0 saturated carbocycles. The second-order valence-electron chi connectivity index (χ2n) is 8.84. The number of nitrogens with one attached hydrogen (secondary N) is 1. The molecule has 9 heteroatoms. The van der Waals surface area contributed by atoms with Gasteiger partial charge in [-0.1, -0.05) is 24.8 Å². The Bertz CT molecular complexity index is 1280. The Kier molecular flexibility index (Phi) is 6.83. The molecule has 3 aromatic rings. The Labute approximate surface area is 206 Å². The summed E-state index contributed by atoms with van der Waals surface area (Å²) in [5.74, 6) is 2.33. The van der Waals surface area contributed by atoms with E-state index in [1.165, 1.54) is 22.2 Å². The average molecular weight is 500 g/mol. The number of amides is 1. The van der Waals surface area contributed by atoms with Crippen molar-refractivity contribution in [3.63, 3.8) is 0 Å². The Morgan fingerprint density at radius 2 is 2.12 bits per heavy atom. The van der Waals surface area contributed by atoms with Gasteiger partial charge < -0.3 is 14.8 Å². The highest BCUT2D eigenvalue weighted by molar-refractivity contribution is 7.99. The van der Waals surface area contributed by atoms with Crippen molar-refractivity contribution in [2.45, 2.75) is 51.2 Å². The summed E-state index contributed by atoms with van der Waals surface area (Å²) < 4.78 is 12.9. The van der Waals surface area contributed by atoms with E-state index >= 15 is 0 Å². The zero-order valence-electron chi connectivity index (χ0n) is 19.5. The molecule has 1 N–H and O–H groups in total. The molecule has 3 heterocycles. The monoisotopic (exact) mass is 499 g/mol. The number of hydrogen-bond donors (Lipinski definition) is 1. The Morgan fingerprint density at radius 1 is 1.29 bits per heavy atom. The van der Waals surface area contributed by atoms with Crippen LogP contribution in [0.4, 0.5) is 0 Å².